The predicted octanol–water partition coefficient (Wildman–Crippen LogP) is 4.74. The average Bonchev–Trinajstić information content (AvgIpc) is 3.33. The normalized spacial score (nSPS) is 14.0. The molecular formula is C19H18ClFN4O. The number of nitrogens with one attached hydrogen (secondary N) is 1. The van der Waals surface area contributed by atoms with Gasteiger partial charge in [0, 0.05) is 23.7 Å². The van der Waals surface area contributed by atoms with E-state index in [2.05, 4.69) is 20.4 Å². The van der Waals surface area contributed by atoms with Crippen LogP contribution in [0.15, 0.2) is 46.9 Å². The highest BCUT2D eigenvalue weighted by Gasteiger charge is 2.18. The van der Waals surface area contributed by atoms with Crippen molar-refractivity contribution in [2.45, 2.75) is 19.4 Å². The topological polar surface area (TPSA) is 54.2 Å². The summed E-state index contributed by atoms with van der Waals surface area (Å²) in [4.78, 5) is 2.19. The molecular weight excluding hydrogens is 355 g/mol. The second-order valence-corrected chi connectivity index (χ2v) is 6.63. The summed E-state index contributed by atoms with van der Waals surface area (Å²) >= 11 is 5.99. The maximum atomic E-state index is 14.4. The summed E-state index contributed by atoms with van der Waals surface area (Å²) in [5.41, 5.74) is 2.09. The molecule has 0 radical (unpaired) electrons. The Labute approximate surface area is 155 Å². The fourth-order valence-electron chi connectivity index (χ4n) is 3.14. The molecule has 0 bridgehead atoms. The molecule has 134 valence electrons. The summed E-state index contributed by atoms with van der Waals surface area (Å²) < 4.78 is 20.0. The summed E-state index contributed by atoms with van der Waals surface area (Å²) in [6, 6.07) is 12.3. The first-order chi connectivity index (χ1) is 12.7. The molecule has 0 aliphatic carbocycles. The Balaban J connectivity index is 1.51. The van der Waals surface area contributed by atoms with E-state index < -0.39 is 0 Å². The van der Waals surface area contributed by atoms with Crippen molar-refractivity contribution in [2.75, 3.05) is 23.3 Å². The van der Waals surface area contributed by atoms with E-state index in [1.165, 1.54) is 6.07 Å². The number of para-hydroxylation sites is 1. The molecule has 4 rings (SSSR count). The maximum absolute atomic E-state index is 14.4. The molecule has 1 saturated heterocycles. The third kappa shape index (κ3) is 3.51. The minimum Gasteiger partial charge on any atom is -0.419 e. The quantitative estimate of drug-likeness (QED) is 0.701. The number of rotatable bonds is 5. The highest BCUT2D eigenvalue weighted by molar-refractivity contribution is 6.30. The number of hydrogen-bond donors (Lipinski definition) is 1. The zero-order chi connectivity index (χ0) is 17.9. The van der Waals surface area contributed by atoms with E-state index in [1.54, 1.807) is 18.2 Å². The Hall–Kier alpha value is -2.60. The Morgan fingerprint density at radius 3 is 2.73 bits per heavy atom. The van der Waals surface area contributed by atoms with E-state index in [4.69, 9.17) is 16.0 Å². The molecule has 1 aliphatic rings. The van der Waals surface area contributed by atoms with E-state index in [1.807, 2.05) is 18.2 Å². The SMILES string of the molecule is Fc1cccc(N2CCCC2)c1NCc1nnc(-c2cccc(Cl)c2)o1. The van der Waals surface area contributed by atoms with Crippen LogP contribution in [0.3, 0.4) is 0 Å². The first-order valence-corrected chi connectivity index (χ1v) is 8.94. The molecule has 26 heavy (non-hydrogen) atoms. The summed E-state index contributed by atoms with van der Waals surface area (Å²) in [6.45, 7) is 2.13. The number of anilines is 2. The van der Waals surface area contributed by atoms with Gasteiger partial charge in [-0.15, -0.1) is 10.2 Å². The van der Waals surface area contributed by atoms with Crippen LogP contribution < -0.4 is 10.2 Å². The summed E-state index contributed by atoms with van der Waals surface area (Å²) in [7, 11) is 0. The van der Waals surface area contributed by atoms with Gasteiger partial charge in [-0.1, -0.05) is 23.7 Å². The van der Waals surface area contributed by atoms with Gasteiger partial charge >= 0.3 is 0 Å². The van der Waals surface area contributed by atoms with Crippen molar-refractivity contribution in [3.05, 3.63) is 59.2 Å². The lowest BCUT2D eigenvalue weighted by molar-refractivity contribution is 0.514. The standard InChI is InChI=1S/C19H18ClFN4O/c20-14-6-3-5-13(11-14)19-24-23-17(26-19)12-22-18-15(21)7-4-8-16(18)25-9-1-2-10-25/h3-8,11,22H,1-2,9-10,12H2. The molecule has 3 aromatic rings. The minimum absolute atomic E-state index is 0.245. The zero-order valence-corrected chi connectivity index (χ0v) is 14.8. The summed E-state index contributed by atoms with van der Waals surface area (Å²) in [6.07, 6.45) is 2.26. The minimum atomic E-state index is -0.288. The largest absolute Gasteiger partial charge is 0.419 e. The van der Waals surface area contributed by atoms with Crippen LogP contribution in [0.2, 0.25) is 5.02 Å². The van der Waals surface area contributed by atoms with Crippen molar-refractivity contribution in [1.29, 1.82) is 0 Å². The monoisotopic (exact) mass is 372 g/mol. The highest BCUT2D eigenvalue weighted by Crippen LogP contribution is 2.31. The van der Waals surface area contributed by atoms with Crippen molar-refractivity contribution in [3.63, 3.8) is 0 Å². The van der Waals surface area contributed by atoms with Gasteiger partial charge in [-0.2, -0.15) is 0 Å². The smallest absolute Gasteiger partial charge is 0.247 e. The summed E-state index contributed by atoms with van der Waals surface area (Å²) in [5, 5.41) is 11.8. The number of nitrogens with zero attached hydrogens (tertiary/aromatic N) is 3. The lowest BCUT2D eigenvalue weighted by Gasteiger charge is -2.22. The molecule has 0 saturated carbocycles. The molecule has 7 heteroatoms. The fraction of sp³-hybridized carbons (Fsp3) is 0.263. The molecule has 1 aliphatic heterocycles. The van der Waals surface area contributed by atoms with Crippen LogP contribution in [0.4, 0.5) is 15.8 Å². The molecule has 1 aromatic heterocycles. The molecule has 0 atom stereocenters. The Morgan fingerprint density at radius 2 is 1.92 bits per heavy atom. The van der Waals surface area contributed by atoms with Gasteiger partial charge in [0.2, 0.25) is 11.8 Å². The predicted molar refractivity (Wildman–Crippen MR) is 99.9 cm³/mol. The van der Waals surface area contributed by atoms with Gasteiger partial charge in [-0.25, -0.2) is 4.39 Å². The van der Waals surface area contributed by atoms with E-state index >= 15 is 0 Å². The third-order valence-corrected chi connectivity index (χ3v) is 4.63. The second-order valence-electron chi connectivity index (χ2n) is 6.19. The molecule has 1 N–H and O–H groups in total. The van der Waals surface area contributed by atoms with Crippen molar-refractivity contribution >= 4 is 23.0 Å². The third-order valence-electron chi connectivity index (χ3n) is 4.39. The molecule has 0 amide bonds. The zero-order valence-electron chi connectivity index (χ0n) is 14.1. The number of halogens is 2. The Morgan fingerprint density at radius 1 is 1.12 bits per heavy atom. The van der Waals surface area contributed by atoms with Crippen LogP contribution in [0.1, 0.15) is 18.7 Å². The van der Waals surface area contributed by atoms with Gasteiger partial charge in [0.15, 0.2) is 0 Å². The van der Waals surface area contributed by atoms with Crippen LogP contribution in [-0.4, -0.2) is 23.3 Å². The molecule has 2 heterocycles. The van der Waals surface area contributed by atoms with Gasteiger partial charge in [0.05, 0.1) is 17.9 Å². The Bertz CT molecular complexity index is 908. The van der Waals surface area contributed by atoms with Crippen molar-refractivity contribution in [1.82, 2.24) is 10.2 Å². The molecule has 0 unspecified atom stereocenters. The van der Waals surface area contributed by atoms with Crippen LogP contribution in [-0.2, 0) is 6.54 Å². The molecule has 1 fully saturated rings. The number of aromatic nitrogens is 2. The van der Waals surface area contributed by atoms with Gasteiger partial charge in [-0.05, 0) is 43.2 Å². The van der Waals surface area contributed by atoms with Gasteiger partial charge in [0.25, 0.3) is 0 Å². The first-order valence-electron chi connectivity index (χ1n) is 8.56. The fourth-order valence-corrected chi connectivity index (χ4v) is 3.33. The molecule has 0 spiro atoms. The van der Waals surface area contributed by atoms with E-state index in [0.29, 0.717) is 22.5 Å². The maximum Gasteiger partial charge on any atom is 0.247 e. The summed E-state index contributed by atoms with van der Waals surface area (Å²) in [5.74, 6) is 0.484. The van der Waals surface area contributed by atoms with E-state index in [0.717, 1.165) is 37.2 Å². The van der Waals surface area contributed by atoms with Crippen LogP contribution in [0.5, 0.6) is 0 Å². The first kappa shape index (κ1) is 16.8. The lowest BCUT2D eigenvalue weighted by atomic mass is 10.2. The van der Waals surface area contributed by atoms with Crippen molar-refractivity contribution in [3.8, 4) is 11.5 Å². The number of benzene rings is 2. The van der Waals surface area contributed by atoms with Gasteiger partial charge < -0.3 is 14.6 Å². The van der Waals surface area contributed by atoms with Gasteiger partial charge in [0.1, 0.15) is 5.82 Å². The molecule has 5 nitrogen and oxygen atoms in total. The van der Waals surface area contributed by atoms with Crippen LogP contribution in [0, 0.1) is 5.82 Å². The van der Waals surface area contributed by atoms with E-state index in [9.17, 15) is 4.39 Å². The van der Waals surface area contributed by atoms with Crippen molar-refractivity contribution < 1.29 is 8.81 Å². The lowest BCUT2D eigenvalue weighted by Crippen LogP contribution is -2.20. The number of hydrogen-bond acceptors (Lipinski definition) is 5. The van der Waals surface area contributed by atoms with Crippen LogP contribution in [0.25, 0.3) is 11.5 Å². The van der Waals surface area contributed by atoms with E-state index in [-0.39, 0.29) is 12.4 Å². The highest BCUT2D eigenvalue weighted by atomic mass is 35.5. The van der Waals surface area contributed by atoms with Gasteiger partial charge in [-0.3, -0.25) is 0 Å². The van der Waals surface area contributed by atoms with Crippen molar-refractivity contribution in [2.24, 2.45) is 0 Å². The Kier molecular flexibility index (Phi) is 4.75. The average molecular weight is 373 g/mol. The van der Waals surface area contributed by atoms with Crippen LogP contribution >= 0.6 is 11.6 Å². The molecule has 2 aromatic carbocycles. The second kappa shape index (κ2) is 7.33.